The third-order valence-electron chi connectivity index (χ3n) is 2.47. The molecule has 2 rings (SSSR count). The third kappa shape index (κ3) is 2.76. The van der Waals surface area contributed by atoms with E-state index in [-0.39, 0.29) is 6.42 Å². The van der Waals surface area contributed by atoms with Crippen molar-refractivity contribution < 1.29 is 9.90 Å². The quantitative estimate of drug-likeness (QED) is 0.944. The van der Waals surface area contributed by atoms with Gasteiger partial charge in [0.05, 0.1) is 12.6 Å². The monoisotopic (exact) mass is 314 g/mol. The molecular weight excluding hydrogens is 304 g/mol. The van der Waals surface area contributed by atoms with E-state index >= 15 is 0 Å². The van der Waals surface area contributed by atoms with E-state index in [4.69, 9.17) is 5.11 Å². The Labute approximate surface area is 111 Å². The second-order valence-electron chi connectivity index (χ2n) is 3.65. The molecule has 0 bridgehead atoms. The van der Waals surface area contributed by atoms with Gasteiger partial charge in [0.2, 0.25) is 0 Å². The molecule has 0 spiro atoms. The third-order valence-corrected chi connectivity index (χ3v) is 4.19. The lowest BCUT2D eigenvalue weighted by Crippen LogP contribution is -2.03. The first-order chi connectivity index (χ1) is 8.08. The predicted molar refractivity (Wildman–Crippen MR) is 70.2 cm³/mol. The Bertz CT molecular complexity index is 547. The molecule has 90 valence electrons. The van der Waals surface area contributed by atoms with Crippen molar-refractivity contribution in [3.8, 4) is 10.4 Å². The lowest BCUT2D eigenvalue weighted by Gasteiger charge is -2.02. The SMILES string of the molecule is Cn1ncc(-c2cc(Br)cs2)c1CCC(=O)O. The molecule has 2 heterocycles. The standard InChI is InChI=1S/C11H11BrN2O2S/c1-14-9(2-3-11(15)16)8(5-13-14)10-4-7(12)6-17-10/h4-6H,2-3H2,1H3,(H,15,16). The Morgan fingerprint density at radius 3 is 3.00 bits per heavy atom. The Balaban J connectivity index is 2.31. The van der Waals surface area contributed by atoms with Gasteiger partial charge in [0, 0.05) is 39.5 Å². The highest BCUT2D eigenvalue weighted by Gasteiger charge is 2.13. The van der Waals surface area contributed by atoms with Gasteiger partial charge in [-0.2, -0.15) is 5.10 Å². The van der Waals surface area contributed by atoms with Crippen LogP contribution in [0.15, 0.2) is 22.1 Å². The van der Waals surface area contributed by atoms with Gasteiger partial charge < -0.3 is 5.11 Å². The van der Waals surface area contributed by atoms with Crippen LogP contribution in [0.4, 0.5) is 0 Å². The molecule has 0 amide bonds. The van der Waals surface area contributed by atoms with Crippen LogP contribution >= 0.6 is 27.3 Å². The van der Waals surface area contributed by atoms with Crippen LogP contribution in [0.25, 0.3) is 10.4 Å². The number of aromatic nitrogens is 2. The topological polar surface area (TPSA) is 55.1 Å². The Hall–Kier alpha value is -1.14. The molecule has 0 saturated carbocycles. The van der Waals surface area contributed by atoms with Crippen LogP contribution in [0, 0.1) is 0 Å². The number of aliphatic carboxylic acids is 1. The minimum absolute atomic E-state index is 0.124. The largest absolute Gasteiger partial charge is 0.481 e. The van der Waals surface area contributed by atoms with Crippen LogP contribution < -0.4 is 0 Å². The van der Waals surface area contributed by atoms with Crippen molar-refractivity contribution in [3.05, 3.63) is 27.8 Å². The summed E-state index contributed by atoms with van der Waals surface area (Å²) >= 11 is 5.03. The number of rotatable bonds is 4. The number of carbonyl (C=O) groups is 1. The number of nitrogens with zero attached hydrogens (tertiary/aromatic N) is 2. The summed E-state index contributed by atoms with van der Waals surface area (Å²) < 4.78 is 2.77. The van der Waals surface area contributed by atoms with Crippen LogP contribution in [0.3, 0.4) is 0 Å². The highest BCUT2D eigenvalue weighted by molar-refractivity contribution is 9.10. The molecular formula is C11H11BrN2O2S. The number of carboxylic acids is 1. The van der Waals surface area contributed by atoms with E-state index in [1.165, 1.54) is 0 Å². The summed E-state index contributed by atoms with van der Waals surface area (Å²) in [5, 5.41) is 14.9. The number of hydrogen-bond acceptors (Lipinski definition) is 3. The van der Waals surface area contributed by atoms with Crippen LogP contribution in [0.2, 0.25) is 0 Å². The summed E-state index contributed by atoms with van der Waals surface area (Å²) in [6.07, 6.45) is 2.41. The maximum atomic E-state index is 10.6. The molecule has 0 saturated heterocycles. The molecule has 4 nitrogen and oxygen atoms in total. The number of halogens is 1. The van der Waals surface area contributed by atoms with Crippen molar-refractivity contribution in [1.29, 1.82) is 0 Å². The first-order valence-electron chi connectivity index (χ1n) is 5.05. The van der Waals surface area contributed by atoms with Gasteiger partial charge in [-0.1, -0.05) is 0 Å². The van der Waals surface area contributed by atoms with Crippen LogP contribution in [-0.2, 0) is 18.3 Å². The first kappa shape index (κ1) is 12.3. The van der Waals surface area contributed by atoms with Gasteiger partial charge in [-0.25, -0.2) is 0 Å². The molecule has 2 aromatic heterocycles. The van der Waals surface area contributed by atoms with Crippen molar-refractivity contribution in [3.63, 3.8) is 0 Å². The predicted octanol–water partition coefficient (Wildman–Crippen LogP) is 2.93. The second-order valence-corrected chi connectivity index (χ2v) is 5.48. The number of hydrogen-bond donors (Lipinski definition) is 1. The van der Waals surface area contributed by atoms with Gasteiger partial charge in [-0.15, -0.1) is 11.3 Å². The van der Waals surface area contributed by atoms with Gasteiger partial charge >= 0.3 is 5.97 Å². The molecule has 1 N–H and O–H groups in total. The van der Waals surface area contributed by atoms with Crippen LogP contribution in [0.5, 0.6) is 0 Å². The molecule has 0 radical (unpaired) electrons. The lowest BCUT2D eigenvalue weighted by atomic mass is 10.1. The van der Waals surface area contributed by atoms with E-state index in [0.29, 0.717) is 6.42 Å². The average Bonchev–Trinajstić information content (AvgIpc) is 2.82. The number of aryl methyl sites for hydroxylation is 1. The molecule has 2 aromatic rings. The second kappa shape index (κ2) is 5.01. The zero-order chi connectivity index (χ0) is 12.4. The normalized spacial score (nSPS) is 10.7. The van der Waals surface area contributed by atoms with Crippen molar-refractivity contribution in [2.75, 3.05) is 0 Å². The highest BCUT2D eigenvalue weighted by atomic mass is 79.9. The van der Waals surface area contributed by atoms with Crippen molar-refractivity contribution in [2.45, 2.75) is 12.8 Å². The average molecular weight is 315 g/mol. The Morgan fingerprint density at radius 2 is 2.41 bits per heavy atom. The zero-order valence-corrected chi connectivity index (χ0v) is 11.6. The summed E-state index contributed by atoms with van der Waals surface area (Å²) in [6.45, 7) is 0. The van der Waals surface area contributed by atoms with Crippen molar-refractivity contribution in [1.82, 2.24) is 9.78 Å². The summed E-state index contributed by atoms with van der Waals surface area (Å²) in [5.41, 5.74) is 1.98. The fourth-order valence-corrected chi connectivity index (χ4v) is 3.11. The van der Waals surface area contributed by atoms with E-state index in [2.05, 4.69) is 21.0 Å². The molecule has 17 heavy (non-hydrogen) atoms. The van der Waals surface area contributed by atoms with E-state index in [9.17, 15) is 4.79 Å². The number of carboxylic acid groups (broad SMARTS) is 1. The Kier molecular flexibility index (Phi) is 3.63. The fourth-order valence-electron chi connectivity index (χ4n) is 1.64. The molecule has 0 unspecified atom stereocenters. The molecule has 0 fully saturated rings. The van der Waals surface area contributed by atoms with Gasteiger partial charge in [-0.05, 0) is 22.0 Å². The van der Waals surface area contributed by atoms with Gasteiger partial charge in [0.1, 0.15) is 0 Å². The first-order valence-corrected chi connectivity index (χ1v) is 6.72. The summed E-state index contributed by atoms with van der Waals surface area (Å²) in [4.78, 5) is 11.7. The van der Waals surface area contributed by atoms with E-state index in [0.717, 1.165) is 20.6 Å². The van der Waals surface area contributed by atoms with Gasteiger partial charge in [0.15, 0.2) is 0 Å². The minimum Gasteiger partial charge on any atom is -0.481 e. The number of thiophene rings is 1. The van der Waals surface area contributed by atoms with Crippen LogP contribution in [0.1, 0.15) is 12.1 Å². The van der Waals surface area contributed by atoms with E-state index < -0.39 is 5.97 Å². The van der Waals surface area contributed by atoms with E-state index in [1.54, 1.807) is 22.2 Å². The molecule has 0 aromatic carbocycles. The zero-order valence-electron chi connectivity index (χ0n) is 9.18. The smallest absolute Gasteiger partial charge is 0.303 e. The molecule has 6 heteroatoms. The van der Waals surface area contributed by atoms with E-state index in [1.807, 2.05) is 18.5 Å². The Morgan fingerprint density at radius 1 is 1.65 bits per heavy atom. The summed E-state index contributed by atoms with van der Waals surface area (Å²) in [7, 11) is 1.84. The molecule has 0 aliphatic carbocycles. The van der Waals surface area contributed by atoms with Gasteiger partial charge in [-0.3, -0.25) is 9.48 Å². The fraction of sp³-hybridized carbons (Fsp3) is 0.273. The van der Waals surface area contributed by atoms with Crippen molar-refractivity contribution >= 4 is 33.2 Å². The van der Waals surface area contributed by atoms with Crippen LogP contribution in [-0.4, -0.2) is 20.9 Å². The summed E-state index contributed by atoms with van der Waals surface area (Å²) in [5.74, 6) is -0.787. The highest BCUT2D eigenvalue weighted by Crippen LogP contribution is 2.32. The molecule has 0 aliphatic rings. The summed E-state index contributed by atoms with van der Waals surface area (Å²) in [6, 6.07) is 2.02. The minimum atomic E-state index is -0.787. The maximum Gasteiger partial charge on any atom is 0.303 e. The molecule has 0 atom stereocenters. The maximum absolute atomic E-state index is 10.6. The van der Waals surface area contributed by atoms with Crippen molar-refractivity contribution in [2.24, 2.45) is 7.05 Å². The molecule has 0 aliphatic heterocycles. The lowest BCUT2D eigenvalue weighted by molar-refractivity contribution is -0.136. The van der Waals surface area contributed by atoms with Gasteiger partial charge in [0.25, 0.3) is 0 Å².